The van der Waals surface area contributed by atoms with Gasteiger partial charge in [-0.1, -0.05) is 30.3 Å². The SMILES string of the molecule is CC1N=C(c2ccccc2)SC1=O. The summed E-state index contributed by atoms with van der Waals surface area (Å²) in [6.45, 7) is 1.82. The average Bonchev–Trinajstić information content (AvgIpc) is 2.49. The van der Waals surface area contributed by atoms with Gasteiger partial charge in [-0.15, -0.1) is 0 Å². The first-order chi connectivity index (χ1) is 6.27. The number of carbonyl (C=O) groups excluding carboxylic acids is 1. The molecular weight excluding hydrogens is 182 g/mol. The Kier molecular flexibility index (Phi) is 2.19. The molecule has 0 spiro atoms. The van der Waals surface area contributed by atoms with Crippen molar-refractivity contribution in [1.82, 2.24) is 0 Å². The number of carbonyl (C=O) groups is 1. The van der Waals surface area contributed by atoms with Gasteiger partial charge in [0.2, 0.25) is 5.12 Å². The maximum atomic E-state index is 11.2. The third-order valence-corrected chi connectivity index (χ3v) is 2.95. The smallest absolute Gasteiger partial charge is 0.219 e. The third kappa shape index (κ3) is 1.65. The highest BCUT2D eigenvalue weighted by Crippen LogP contribution is 2.24. The monoisotopic (exact) mass is 191 g/mol. The molecule has 1 aromatic rings. The van der Waals surface area contributed by atoms with E-state index in [1.54, 1.807) is 0 Å². The van der Waals surface area contributed by atoms with Crippen LogP contribution in [0.1, 0.15) is 12.5 Å². The predicted molar refractivity (Wildman–Crippen MR) is 55.0 cm³/mol. The highest BCUT2D eigenvalue weighted by Gasteiger charge is 2.24. The Morgan fingerprint density at radius 2 is 2.00 bits per heavy atom. The van der Waals surface area contributed by atoms with Gasteiger partial charge in [0, 0.05) is 5.56 Å². The van der Waals surface area contributed by atoms with Crippen LogP contribution in [0, 0.1) is 0 Å². The third-order valence-electron chi connectivity index (χ3n) is 1.87. The quantitative estimate of drug-likeness (QED) is 0.680. The summed E-state index contributed by atoms with van der Waals surface area (Å²) in [4.78, 5) is 15.5. The van der Waals surface area contributed by atoms with Gasteiger partial charge in [0.1, 0.15) is 11.1 Å². The Labute approximate surface area is 81.1 Å². The molecular formula is C10H9NOS. The summed E-state index contributed by atoms with van der Waals surface area (Å²) in [7, 11) is 0. The second-order valence-corrected chi connectivity index (χ2v) is 3.89. The number of nitrogens with zero attached hydrogens (tertiary/aromatic N) is 1. The lowest BCUT2D eigenvalue weighted by Crippen LogP contribution is -2.02. The molecule has 1 aliphatic heterocycles. The van der Waals surface area contributed by atoms with E-state index in [-0.39, 0.29) is 11.2 Å². The summed E-state index contributed by atoms with van der Waals surface area (Å²) in [5.74, 6) is 0. The van der Waals surface area contributed by atoms with E-state index in [0.29, 0.717) is 0 Å². The normalized spacial score (nSPS) is 21.8. The van der Waals surface area contributed by atoms with Crippen molar-refractivity contribution in [2.24, 2.45) is 4.99 Å². The van der Waals surface area contributed by atoms with E-state index >= 15 is 0 Å². The van der Waals surface area contributed by atoms with E-state index in [1.807, 2.05) is 37.3 Å². The van der Waals surface area contributed by atoms with Crippen molar-refractivity contribution in [1.29, 1.82) is 0 Å². The fourth-order valence-electron chi connectivity index (χ4n) is 1.15. The van der Waals surface area contributed by atoms with Crippen LogP contribution in [0.3, 0.4) is 0 Å². The van der Waals surface area contributed by atoms with Gasteiger partial charge in [0.15, 0.2) is 0 Å². The lowest BCUT2D eigenvalue weighted by atomic mass is 10.2. The van der Waals surface area contributed by atoms with Gasteiger partial charge < -0.3 is 0 Å². The molecule has 1 aromatic carbocycles. The zero-order valence-corrected chi connectivity index (χ0v) is 8.04. The lowest BCUT2D eigenvalue weighted by Gasteiger charge is -1.95. The molecule has 0 amide bonds. The zero-order chi connectivity index (χ0) is 9.26. The van der Waals surface area contributed by atoms with Crippen LogP contribution in [0.4, 0.5) is 0 Å². The molecule has 0 bridgehead atoms. The number of thioether (sulfide) groups is 1. The van der Waals surface area contributed by atoms with Crippen LogP contribution in [-0.4, -0.2) is 16.2 Å². The van der Waals surface area contributed by atoms with Crippen LogP contribution in [-0.2, 0) is 4.79 Å². The van der Waals surface area contributed by atoms with E-state index in [9.17, 15) is 4.79 Å². The van der Waals surface area contributed by atoms with Gasteiger partial charge in [-0.05, 0) is 18.7 Å². The lowest BCUT2D eigenvalue weighted by molar-refractivity contribution is -0.111. The Morgan fingerprint density at radius 1 is 1.31 bits per heavy atom. The minimum absolute atomic E-state index is 0.138. The van der Waals surface area contributed by atoms with Crippen LogP contribution in [0.2, 0.25) is 0 Å². The van der Waals surface area contributed by atoms with Crippen molar-refractivity contribution < 1.29 is 4.79 Å². The van der Waals surface area contributed by atoms with E-state index in [4.69, 9.17) is 0 Å². The predicted octanol–water partition coefficient (Wildman–Crippen LogP) is 2.10. The highest BCUT2D eigenvalue weighted by molar-refractivity contribution is 8.27. The molecule has 0 aliphatic carbocycles. The summed E-state index contributed by atoms with van der Waals surface area (Å²) >= 11 is 1.24. The molecule has 0 N–H and O–H groups in total. The number of aliphatic imine (C=N–C) groups is 1. The van der Waals surface area contributed by atoms with Crippen LogP contribution in [0.15, 0.2) is 35.3 Å². The molecule has 2 nitrogen and oxygen atoms in total. The summed E-state index contributed by atoms with van der Waals surface area (Å²) in [6.07, 6.45) is 0. The Bertz CT molecular complexity index is 358. The second kappa shape index (κ2) is 3.34. The Hall–Kier alpha value is -1.09. The number of rotatable bonds is 1. The molecule has 0 fully saturated rings. The van der Waals surface area contributed by atoms with Crippen molar-refractivity contribution in [3.8, 4) is 0 Å². The van der Waals surface area contributed by atoms with Crippen molar-refractivity contribution >= 4 is 21.9 Å². The van der Waals surface area contributed by atoms with Crippen molar-refractivity contribution in [3.63, 3.8) is 0 Å². The largest absolute Gasteiger partial charge is 0.284 e. The number of benzene rings is 1. The molecule has 2 rings (SSSR count). The van der Waals surface area contributed by atoms with E-state index in [0.717, 1.165) is 10.6 Å². The van der Waals surface area contributed by atoms with Crippen molar-refractivity contribution in [3.05, 3.63) is 35.9 Å². The fraction of sp³-hybridized carbons (Fsp3) is 0.200. The van der Waals surface area contributed by atoms with Crippen LogP contribution < -0.4 is 0 Å². The van der Waals surface area contributed by atoms with E-state index in [1.165, 1.54) is 11.8 Å². The highest BCUT2D eigenvalue weighted by atomic mass is 32.2. The molecule has 1 aliphatic rings. The van der Waals surface area contributed by atoms with Gasteiger partial charge >= 0.3 is 0 Å². The van der Waals surface area contributed by atoms with Crippen molar-refractivity contribution in [2.45, 2.75) is 13.0 Å². The van der Waals surface area contributed by atoms with Gasteiger partial charge in [0.25, 0.3) is 0 Å². The maximum Gasteiger partial charge on any atom is 0.219 e. The molecule has 0 aromatic heterocycles. The molecule has 3 heteroatoms. The molecule has 13 heavy (non-hydrogen) atoms. The van der Waals surface area contributed by atoms with Gasteiger partial charge in [-0.2, -0.15) is 0 Å². The van der Waals surface area contributed by atoms with E-state index in [2.05, 4.69) is 4.99 Å². The summed E-state index contributed by atoms with van der Waals surface area (Å²) in [5.41, 5.74) is 1.03. The molecule has 1 unspecified atom stereocenters. The van der Waals surface area contributed by atoms with Gasteiger partial charge in [0.05, 0.1) is 0 Å². The van der Waals surface area contributed by atoms with Crippen LogP contribution in [0.5, 0.6) is 0 Å². The first-order valence-electron chi connectivity index (χ1n) is 4.12. The summed E-state index contributed by atoms with van der Waals surface area (Å²) in [6, 6.07) is 9.61. The molecule has 1 heterocycles. The first-order valence-corrected chi connectivity index (χ1v) is 4.94. The zero-order valence-electron chi connectivity index (χ0n) is 7.23. The topological polar surface area (TPSA) is 29.4 Å². The Balaban J connectivity index is 2.30. The van der Waals surface area contributed by atoms with E-state index < -0.39 is 0 Å². The number of hydrogen-bond acceptors (Lipinski definition) is 3. The van der Waals surface area contributed by atoms with Gasteiger partial charge in [-0.3, -0.25) is 9.79 Å². The fourth-order valence-corrected chi connectivity index (χ4v) is 2.03. The molecule has 1 atom stereocenters. The van der Waals surface area contributed by atoms with Crippen LogP contribution in [0.25, 0.3) is 0 Å². The average molecular weight is 191 g/mol. The number of hydrogen-bond donors (Lipinski definition) is 0. The molecule has 0 saturated heterocycles. The minimum Gasteiger partial charge on any atom is -0.284 e. The standard InChI is InChI=1S/C10H9NOS/c1-7-10(12)13-9(11-7)8-5-3-2-4-6-8/h2-7H,1H3. The molecule has 0 saturated carbocycles. The molecule has 66 valence electrons. The Morgan fingerprint density at radius 3 is 2.54 bits per heavy atom. The minimum atomic E-state index is -0.180. The second-order valence-electron chi connectivity index (χ2n) is 2.90. The summed E-state index contributed by atoms with van der Waals surface area (Å²) in [5, 5.41) is 0.983. The first kappa shape index (κ1) is 8.51. The van der Waals surface area contributed by atoms with Crippen LogP contribution >= 0.6 is 11.8 Å². The van der Waals surface area contributed by atoms with Gasteiger partial charge in [-0.25, -0.2) is 0 Å². The molecule has 0 radical (unpaired) electrons. The summed E-state index contributed by atoms with van der Waals surface area (Å²) < 4.78 is 0. The van der Waals surface area contributed by atoms with Crippen molar-refractivity contribution in [2.75, 3.05) is 0 Å². The maximum absolute atomic E-state index is 11.2.